The van der Waals surface area contributed by atoms with E-state index < -0.39 is 17.8 Å². The van der Waals surface area contributed by atoms with E-state index in [1.807, 2.05) is 0 Å². The van der Waals surface area contributed by atoms with Crippen LogP contribution in [0.3, 0.4) is 0 Å². The number of hydrogen-bond donors (Lipinski definition) is 2. The van der Waals surface area contributed by atoms with Crippen LogP contribution >= 0.6 is 0 Å². The van der Waals surface area contributed by atoms with Crippen molar-refractivity contribution in [1.29, 1.82) is 0 Å². The highest BCUT2D eigenvalue weighted by Gasteiger charge is 2.16. The van der Waals surface area contributed by atoms with Crippen LogP contribution in [0.25, 0.3) is 0 Å². The summed E-state index contributed by atoms with van der Waals surface area (Å²) in [7, 11) is 0. The number of hydrogen-bond acceptors (Lipinski definition) is 3. The molecule has 0 amide bonds. The van der Waals surface area contributed by atoms with Gasteiger partial charge in [0.1, 0.15) is 5.82 Å². The SMILES string of the molecule is O=C(O)c1cccc(C(=O)O)c1C=Nc1ccccc1F. The van der Waals surface area contributed by atoms with E-state index in [4.69, 9.17) is 10.2 Å². The third-order valence-corrected chi connectivity index (χ3v) is 2.75. The highest BCUT2D eigenvalue weighted by molar-refractivity contribution is 6.06. The molecular weight excluding hydrogens is 277 g/mol. The first-order valence-corrected chi connectivity index (χ1v) is 5.89. The lowest BCUT2D eigenvalue weighted by Crippen LogP contribution is -2.09. The minimum atomic E-state index is -1.28. The second-order valence-corrected chi connectivity index (χ2v) is 4.09. The van der Waals surface area contributed by atoms with Crippen molar-refractivity contribution in [2.24, 2.45) is 4.99 Å². The Bertz CT molecular complexity index is 708. The standard InChI is InChI=1S/C15H10FNO4/c16-12-6-1-2-7-13(12)17-8-11-9(14(18)19)4-3-5-10(11)15(20)21/h1-8H,(H,18,19)(H,20,21). The zero-order valence-electron chi connectivity index (χ0n) is 10.7. The van der Waals surface area contributed by atoms with Gasteiger partial charge in [0.25, 0.3) is 0 Å². The molecular formula is C15H10FNO4. The Kier molecular flexibility index (Phi) is 4.08. The lowest BCUT2D eigenvalue weighted by atomic mass is 10.0. The van der Waals surface area contributed by atoms with E-state index in [-0.39, 0.29) is 22.4 Å². The molecule has 21 heavy (non-hydrogen) atoms. The van der Waals surface area contributed by atoms with E-state index in [1.54, 1.807) is 6.07 Å². The van der Waals surface area contributed by atoms with Gasteiger partial charge in [-0.2, -0.15) is 0 Å². The summed E-state index contributed by atoms with van der Waals surface area (Å²) >= 11 is 0. The van der Waals surface area contributed by atoms with Crippen LogP contribution in [-0.2, 0) is 0 Å². The predicted molar refractivity (Wildman–Crippen MR) is 74.0 cm³/mol. The van der Waals surface area contributed by atoms with Gasteiger partial charge >= 0.3 is 11.9 Å². The summed E-state index contributed by atoms with van der Waals surface area (Å²) in [5.41, 5.74) is -0.514. The minimum Gasteiger partial charge on any atom is -0.478 e. The quantitative estimate of drug-likeness (QED) is 0.846. The smallest absolute Gasteiger partial charge is 0.336 e. The monoisotopic (exact) mass is 287 g/mol. The van der Waals surface area contributed by atoms with E-state index in [1.165, 1.54) is 36.4 Å². The largest absolute Gasteiger partial charge is 0.478 e. The van der Waals surface area contributed by atoms with Crippen molar-refractivity contribution in [1.82, 2.24) is 0 Å². The lowest BCUT2D eigenvalue weighted by molar-refractivity contribution is 0.0696. The predicted octanol–water partition coefficient (Wildman–Crippen LogP) is 2.97. The molecule has 6 heteroatoms. The maximum absolute atomic E-state index is 13.5. The van der Waals surface area contributed by atoms with Gasteiger partial charge in [-0.3, -0.25) is 4.99 Å². The Balaban J connectivity index is 2.55. The summed E-state index contributed by atoms with van der Waals surface area (Å²) in [6.07, 6.45) is 1.05. The number of carboxylic acids is 2. The summed E-state index contributed by atoms with van der Waals surface area (Å²) in [6, 6.07) is 9.50. The van der Waals surface area contributed by atoms with Crippen LogP contribution in [-0.4, -0.2) is 28.4 Å². The minimum absolute atomic E-state index is 0.00553. The topological polar surface area (TPSA) is 87.0 Å². The molecule has 2 N–H and O–H groups in total. The number of aromatic carboxylic acids is 2. The van der Waals surface area contributed by atoms with Crippen molar-refractivity contribution in [2.75, 3.05) is 0 Å². The summed E-state index contributed by atoms with van der Waals surface area (Å²) in [5.74, 6) is -3.15. The van der Waals surface area contributed by atoms with Crippen molar-refractivity contribution in [3.8, 4) is 0 Å². The van der Waals surface area contributed by atoms with Crippen LogP contribution in [0.5, 0.6) is 0 Å². The molecule has 2 aromatic rings. The first-order chi connectivity index (χ1) is 10.0. The molecule has 0 aliphatic carbocycles. The molecule has 0 unspecified atom stereocenters. The number of carboxylic acid groups (broad SMARTS) is 2. The Morgan fingerprint density at radius 2 is 1.52 bits per heavy atom. The third-order valence-electron chi connectivity index (χ3n) is 2.75. The molecule has 5 nitrogen and oxygen atoms in total. The molecule has 0 aliphatic rings. The van der Waals surface area contributed by atoms with E-state index in [0.717, 1.165) is 6.21 Å². The zero-order valence-corrected chi connectivity index (χ0v) is 10.7. The van der Waals surface area contributed by atoms with Crippen molar-refractivity contribution in [3.63, 3.8) is 0 Å². The fourth-order valence-corrected chi connectivity index (χ4v) is 1.77. The van der Waals surface area contributed by atoms with Gasteiger partial charge < -0.3 is 10.2 Å². The Hall–Kier alpha value is -3.02. The fraction of sp³-hybridized carbons (Fsp3) is 0. The van der Waals surface area contributed by atoms with Crippen LogP contribution in [0, 0.1) is 5.82 Å². The molecule has 2 aromatic carbocycles. The number of nitrogens with zero attached hydrogens (tertiary/aromatic N) is 1. The molecule has 0 bridgehead atoms. The Morgan fingerprint density at radius 3 is 2.05 bits per heavy atom. The molecule has 106 valence electrons. The number of benzene rings is 2. The van der Waals surface area contributed by atoms with Crippen molar-refractivity contribution >= 4 is 23.8 Å². The molecule has 0 heterocycles. The van der Waals surface area contributed by atoms with Gasteiger partial charge in [0, 0.05) is 11.8 Å². The summed E-state index contributed by atoms with van der Waals surface area (Å²) < 4.78 is 13.5. The normalized spacial score (nSPS) is 10.7. The highest BCUT2D eigenvalue weighted by atomic mass is 19.1. The van der Waals surface area contributed by atoms with Crippen molar-refractivity contribution in [3.05, 3.63) is 65.0 Å². The van der Waals surface area contributed by atoms with E-state index in [0.29, 0.717) is 0 Å². The molecule has 0 aromatic heterocycles. The highest BCUT2D eigenvalue weighted by Crippen LogP contribution is 2.19. The molecule has 0 fully saturated rings. The first kappa shape index (κ1) is 14.4. The van der Waals surface area contributed by atoms with Crippen LogP contribution in [0.2, 0.25) is 0 Å². The van der Waals surface area contributed by atoms with Gasteiger partial charge in [0.2, 0.25) is 0 Å². The summed E-state index contributed by atoms with van der Waals surface area (Å²) in [6.45, 7) is 0. The second-order valence-electron chi connectivity index (χ2n) is 4.09. The van der Waals surface area contributed by atoms with Crippen molar-refractivity contribution < 1.29 is 24.2 Å². The van der Waals surface area contributed by atoms with Crippen LogP contribution in [0.1, 0.15) is 26.3 Å². The maximum atomic E-state index is 13.5. The average Bonchev–Trinajstić information content (AvgIpc) is 2.45. The number of rotatable bonds is 4. The van der Waals surface area contributed by atoms with Crippen molar-refractivity contribution in [2.45, 2.75) is 0 Å². The second kappa shape index (κ2) is 5.96. The van der Waals surface area contributed by atoms with Gasteiger partial charge in [0.15, 0.2) is 0 Å². The summed E-state index contributed by atoms with van der Waals surface area (Å²) in [4.78, 5) is 26.1. The van der Waals surface area contributed by atoms with Gasteiger partial charge in [-0.05, 0) is 24.3 Å². The van der Waals surface area contributed by atoms with Gasteiger partial charge in [-0.15, -0.1) is 0 Å². The molecule has 0 saturated heterocycles. The molecule has 2 rings (SSSR count). The Morgan fingerprint density at radius 1 is 0.952 bits per heavy atom. The Labute approximate surface area is 119 Å². The van der Waals surface area contributed by atoms with E-state index in [9.17, 15) is 14.0 Å². The van der Waals surface area contributed by atoms with Gasteiger partial charge in [-0.25, -0.2) is 14.0 Å². The van der Waals surface area contributed by atoms with E-state index in [2.05, 4.69) is 4.99 Å². The molecule has 0 aliphatic heterocycles. The molecule has 0 spiro atoms. The maximum Gasteiger partial charge on any atom is 0.336 e. The van der Waals surface area contributed by atoms with E-state index >= 15 is 0 Å². The van der Waals surface area contributed by atoms with Gasteiger partial charge in [0.05, 0.1) is 16.8 Å². The first-order valence-electron chi connectivity index (χ1n) is 5.89. The summed E-state index contributed by atoms with van der Waals surface area (Å²) in [5, 5.41) is 18.2. The van der Waals surface area contributed by atoms with Crippen LogP contribution < -0.4 is 0 Å². The lowest BCUT2D eigenvalue weighted by Gasteiger charge is -2.05. The fourth-order valence-electron chi connectivity index (χ4n) is 1.77. The number of carbonyl (C=O) groups is 2. The van der Waals surface area contributed by atoms with Crippen LogP contribution in [0.15, 0.2) is 47.5 Å². The zero-order chi connectivity index (χ0) is 15.4. The molecule has 0 radical (unpaired) electrons. The van der Waals surface area contributed by atoms with Crippen LogP contribution in [0.4, 0.5) is 10.1 Å². The number of halogens is 1. The number of para-hydroxylation sites is 1. The van der Waals surface area contributed by atoms with Gasteiger partial charge in [-0.1, -0.05) is 18.2 Å². The third kappa shape index (κ3) is 3.11. The molecule has 0 atom stereocenters. The molecule has 0 saturated carbocycles. The number of aliphatic imine (C=N–C) groups is 1. The average molecular weight is 287 g/mol.